The molecular weight excluding hydrogens is 218 g/mol. The van der Waals surface area contributed by atoms with Crippen LogP contribution in [0.3, 0.4) is 0 Å². The first-order chi connectivity index (χ1) is 4.38. The van der Waals surface area contributed by atoms with Crippen molar-refractivity contribution >= 4 is 49.0 Å². The van der Waals surface area contributed by atoms with Crippen LogP contribution in [0.15, 0.2) is 15.2 Å². The van der Waals surface area contributed by atoms with Crippen molar-refractivity contribution in [3.63, 3.8) is 0 Å². The zero-order valence-electron chi connectivity index (χ0n) is 4.30. The van der Waals surface area contributed by atoms with Gasteiger partial charge in [0.15, 0.2) is 0 Å². The molecule has 0 atom stereocenters. The number of hydrogen-bond acceptors (Lipinski definition) is 3. The lowest BCUT2D eigenvalue weighted by Crippen LogP contribution is -1.47. The van der Waals surface area contributed by atoms with Crippen LogP contribution in [0.25, 0.3) is 10.2 Å². The Kier molecular flexibility index (Phi) is 1.32. The van der Waals surface area contributed by atoms with Gasteiger partial charge in [-0.05, 0) is 38.9 Å². The Labute approximate surface area is 68.6 Å². The lowest BCUT2D eigenvalue weighted by molar-refractivity contribution is 1.71. The van der Waals surface area contributed by atoms with E-state index in [-0.39, 0.29) is 0 Å². The summed E-state index contributed by atoms with van der Waals surface area (Å²) >= 11 is 6.64. The number of aromatic nitrogens is 1. The van der Waals surface area contributed by atoms with Crippen LogP contribution in [0.4, 0.5) is 0 Å². The molecule has 0 amide bonds. The average Bonchev–Trinajstić information content (AvgIpc) is 2.35. The van der Waals surface area contributed by atoms with Crippen LogP contribution < -0.4 is 0 Å². The van der Waals surface area contributed by atoms with Gasteiger partial charge in [-0.2, -0.15) is 4.37 Å². The molecule has 2 aromatic heterocycles. The molecule has 46 valence electrons. The molecule has 2 rings (SSSR count). The van der Waals surface area contributed by atoms with Gasteiger partial charge in [0.05, 0.1) is 10.2 Å². The van der Waals surface area contributed by atoms with E-state index in [0.29, 0.717) is 0 Å². The summed E-state index contributed by atoms with van der Waals surface area (Å²) in [6, 6.07) is 2.03. The minimum atomic E-state index is 1.11. The smallest absolute Gasteiger partial charge is 0.108 e. The molecule has 0 fully saturated rings. The summed E-state index contributed by atoms with van der Waals surface area (Å²) in [6.45, 7) is 0. The summed E-state index contributed by atoms with van der Waals surface area (Å²) in [6.07, 6.45) is 0. The van der Waals surface area contributed by atoms with Crippen LogP contribution >= 0.6 is 38.8 Å². The second kappa shape index (κ2) is 2.04. The molecule has 0 aliphatic rings. The zero-order valence-corrected chi connectivity index (χ0v) is 7.52. The van der Waals surface area contributed by atoms with E-state index in [0.717, 1.165) is 9.30 Å². The lowest BCUT2D eigenvalue weighted by Gasteiger charge is -1.70. The van der Waals surface area contributed by atoms with Crippen LogP contribution in [-0.4, -0.2) is 4.37 Å². The Morgan fingerprint density at radius 3 is 3.22 bits per heavy atom. The molecule has 0 radical (unpaired) electrons. The SMILES string of the molecule is Brc1snc2ccsc12. The van der Waals surface area contributed by atoms with Gasteiger partial charge in [-0.3, -0.25) is 0 Å². The molecular formula is C5H2BrNS2. The van der Waals surface area contributed by atoms with Crippen molar-refractivity contribution < 1.29 is 0 Å². The minimum absolute atomic E-state index is 1.11. The standard InChI is InChI=1S/C5H2BrNS2/c6-5-4-3(7-9-5)1-2-8-4/h1-2H. The molecule has 0 saturated heterocycles. The second-order valence-electron chi connectivity index (χ2n) is 1.59. The highest BCUT2D eigenvalue weighted by molar-refractivity contribution is 9.11. The average molecular weight is 220 g/mol. The fraction of sp³-hybridized carbons (Fsp3) is 0. The van der Waals surface area contributed by atoms with Gasteiger partial charge in [-0.25, -0.2) is 0 Å². The molecule has 0 aromatic carbocycles. The molecule has 0 aliphatic carbocycles. The van der Waals surface area contributed by atoms with Crippen LogP contribution in [0.1, 0.15) is 0 Å². The van der Waals surface area contributed by atoms with E-state index >= 15 is 0 Å². The van der Waals surface area contributed by atoms with Crippen molar-refractivity contribution in [3.8, 4) is 0 Å². The van der Waals surface area contributed by atoms with Gasteiger partial charge in [0.25, 0.3) is 0 Å². The lowest BCUT2D eigenvalue weighted by atomic mass is 10.5. The molecule has 0 saturated carbocycles. The van der Waals surface area contributed by atoms with Gasteiger partial charge >= 0.3 is 0 Å². The first kappa shape index (κ1) is 5.82. The second-order valence-corrected chi connectivity index (χ2v) is 4.60. The Balaban J connectivity index is 2.99. The highest BCUT2D eigenvalue weighted by Gasteiger charge is 2.01. The molecule has 0 spiro atoms. The van der Waals surface area contributed by atoms with E-state index in [4.69, 9.17) is 0 Å². The van der Waals surface area contributed by atoms with Crippen molar-refractivity contribution in [3.05, 3.63) is 15.2 Å². The third kappa shape index (κ3) is 0.818. The van der Waals surface area contributed by atoms with Gasteiger partial charge in [-0.1, -0.05) is 0 Å². The normalized spacial score (nSPS) is 10.8. The summed E-state index contributed by atoms with van der Waals surface area (Å²) in [5, 5.41) is 2.05. The third-order valence-corrected chi connectivity index (χ3v) is 3.84. The zero-order chi connectivity index (χ0) is 6.27. The number of halogens is 1. The maximum Gasteiger partial charge on any atom is 0.108 e. The molecule has 1 nitrogen and oxygen atoms in total. The summed E-state index contributed by atoms with van der Waals surface area (Å²) in [5.74, 6) is 0. The van der Waals surface area contributed by atoms with Gasteiger partial charge in [0.2, 0.25) is 0 Å². The molecule has 0 unspecified atom stereocenters. The molecule has 0 aliphatic heterocycles. The van der Waals surface area contributed by atoms with Crippen LogP contribution in [-0.2, 0) is 0 Å². The van der Waals surface area contributed by atoms with E-state index < -0.39 is 0 Å². The predicted molar refractivity (Wildman–Crippen MR) is 45.2 cm³/mol. The van der Waals surface area contributed by atoms with E-state index in [2.05, 4.69) is 25.7 Å². The van der Waals surface area contributed by atoms with E-state index in [1.54, 1.807) is 11.3 Å². The molecule has 2 aromatic rings. The summed E-state index contributed by atoms with van der Waals surface area (Å²) < 4.78 is 6.59. The molecule has 0 bridgehead atoms. The largest absolute Gasteiger partial charge is 0.191 e. The number of fused-ring (bicyclic) bond motifs is 1. The highest BCUT2D eigenvalue weighted by atomic mass is 79.9. The van der Waals surface area contributed by atoms with Crippen LogP contribution in [0.2, 0.25) is 0 Å². The van der Waals surface area contributed by atoms with E-state index in [1.807, 2.05) is 6.07 Å². The monoisotopic (exact) mass is 219 g/mol. The topological polar surface area (TPSA) is 12.9 Å². The number of nitrogens with zero attached hydrogens (tertiary/aromatic N) is 1. The van der Waals surface area contributed by atoms with E-state index in [9.17, 15) is 0 Å². The maximum atomic E-state index is 4.18. The van der Waals surface area contributed by atoms with Crippen molar-refractivity contribution in [2.45, 2.75) is 0 Å². The van der Waals surface area contributed by atoms with E-state index in [1.165, 1.54) is 16.2 Å². The molecule has 4 heteroatoms. The van der Waals surface area contributed by atoms with Gasteiger partial charge in [0.1, 0.15) is 3.79 Å². The Bertz CT molecular complexity index is 324. The molecule has 2 heterocycles. The first-order valence-corrected chi connectivity index (χ1v) is 4.81. The van der Waals surface area contributed by atoms with Crippen LogP contribution in [0, 0.1) is 0 Å². The quantitative estimate of drug-likeness (QED) is 0.664. The minimum Gasteiger partial charge on any atom is -0.191 e. The number of hydrogen-bond donors (Lipinski definition) is 0. The summed E-state index contributed by atoms with van der Waals surface area (Å²) in [5.41, 5.74) is 1.11. The fourth-order valence-corrected chi connectivity index (χ4v) is 2.84. The number of thiophene rings is 1. The van der Waals surface area contributed by atoms with Gasteiger partial charge in [0, 0.05) is 0 Å². The predicted octanol–water partition coefficient (Wildman–Crippen LogP) is 3.12. The fourth-order valence-electron chi connectivity index (χ4n) is 0.652. The van der Waals surface area contributed by atoms with Crippen molar-refractivity contribution in [1.82, 2.24) is 4.37 Å². The van der Waals surface area contributed by atoms with Crippen LogP contribution in [0.5, 0.6) is 0 Å². The Hall–Kier alpha value is 0.0700. The van der Waals surface area contributed by atoms with Gasteiger partial charge < -0.3 is 0 Å². The van der Waals surface area contributed by atoms with Crippen molar-refractivity contribution in [1.29, 1.82) is 0 Å². The first-order valence-electron chi connectivity index (χ1n) is 2.36. The third-order valence-electron chi connectivity index (χ3n) is 1.05. The summed E-state index contributed by atoms with van der Waals surface area (Å²) in [7, 11) is 0. The molecule has 9 heavy (non-hydrogen) atoms. The number of rotatable bonds is 0. The molecule has 0 N–H and O–H groups in total. The maximum absolute atomic E-state index is 4.18. The highest BCUT2D eigenvalue weighted by Crippen LogP contribution is 2.31. The van der Waals surface area contributed by atoms with Crippen molar-refractivity contribution in [2.24, 2.45) is 0 Å². The van der Waals surface area contributed by atoms with Gasteiger partial charge in [-0.15, -0.1) is 11.3 Å². The summed E-state index contributed by atoms with van der Waals surface area (Å²) in [4.78, 5) is 0. The Morgan fingerprint density at radius 1 is 1.56 bits per heavy atom. The van der Waals surface area contributed by atoms with Crippen molar-refractivity contribution in [2.75, 3.05) is 0 Å². The Morgan fingerprint density at radius 2 is 2.44 bits per heavy atom.